The molecule has 0 atom stereocenters. The van der Waals surface area contributed by atoms with Crippen molar-refractivity contribution in [3.8, 4) is 0 Å². The number of amides is 2. The molecule has 0 radical (unpaired) electrons. The highest BCUT2D eigenvalue weighted by atomic mass is 16.2. The van der Waals surface area contributed by atoms with Gasteiger partial charge in [0.15, 0.2) is 0 Å². The first-order valence-electron chi connectivity index (χ1n) is 3.97. The Hall–Kier alpha value is -1.12. The standard InChI is InChI=1S/C9H14N2O/c1-5-7-6-11(8(12)10-7)9(2,3)4/h5H,1,6H2,2-4H3. The first-order chi connectivity index (χ1) is 5.45. The lowest BCUT2D eigenvalue weighted by molar-refractivity contribution is 0.173. The Morgan fingerprint density at radius 1 is 1.58 bits per heavy atom. The predicted molar refractivity (Wildman–Crippen MR) is 49.5 cm³/mol. The lowest BCUT2D eigenvalue weighted by atomic mass is 10.1. The van der Waals surface area contributed by atoms with Crippen LogP contribution in [0.1, 0.15) is 20.8 Å². The van der Waals surface area contributed by atoms with E-state index in [0.29, 0.717) is 6.54 Å². The molecule has 0 bridgehead atoms. The molecule has 0 fully saturated rings. The van der Waals surface area contributed by atoms with Crippen molar-refractivity contribution >= 4 is 11.7 Å². The number of hydrogen-bond acceptors (Lipinski definition) is 1. The summed E-state index contributed by atoms with van der Waals surface area (Å²) in [5.41, 5.74) is 0.612. The van der Waals surface area contributed by atoms with Crippen molar-refractivity contribution in [2.24, 2.45) is 4.99 Å². The molecule has 1 aliphatic heterocycles. The summed E-state index contributed by atoms with van der Waals surface area (Å²) in [6.07, 6.45) is 1.63. The summed E-state index contributed by atoms with van der Waals surface area (Å²) in [5.74, 6) is 0. The van der Waals surface area contributed by atoms with Crippen LogP contribution in [0.4, 0.5) is 4.79 Å². The fourth-order valence-electron chi connectivity index (χ4n) is 1.08. The smallest absolute Gasteiger partial charge is 0.312 e. The van der Waals surface area contributed by atoms with Crippen LogP contribution in [0.5, 0.6) is 0 Å². The van der Waals surface area contributed by atoms with E-state index in [4.69, 9.17) is 0 Å². The van der Waals surface area contributed by atoms with Gasteiger partial charge in [0.1, 0.15) is 0 Å². The van der Waals surface area contributed by atoms with Gasteiger partial charge >= 0.3 is 6.03 Å². The predicted octanol–water partition coefficient (Wildman–Crippen LogP) is 1.85. The molecule has 0 spiro atoms. The maximum absolute atomic E-state index is 11.3. The van der Waals surface area contributed by atoms with Gasteiger partial charge in [0.05, 0.1) is 12.3 Å². The van der Waals surface area contributed by atoms with Crippen molar-refractivity contribution in [2.45, 2.75) is 26.3 Å². The Balaban J connectivity index is 2.79. The van der Waals surface area contributed by atoms with Crippen LogP contribution in [-0.4, -0.2) is 28.7 Å². The van der Waals surface area contributed by atoms with E-state index in [1.165, 1.54) is 0 Å². The largest absolute Gasteiger partial charge is 0.344 e. The monoisotopic (exact) mass is 166 g/mol. The van der Waals surface area contributed by atoms with Gasteiger partial charge in [0, 0.05) is 5.54 Å². The van der Waals surface area contributed by atoms with Gasteiger partial charge in [0.25, 0.3) is 0 Å². The maximum atomic E-state index is 11.3. The van der Waals surface area contributed by atoms with Crippen molar-refractivity contribution in [3.63, 3.8) is 0 Å². The van der Waals surface area contributed by atoms with Gasteiger partial charge in [-0.1, -0.05) is 6.58 Å². The summed E-state index contributed by atoms with van der Waals surface area (Å²) in [5, 5.41) is 0. The van der Waals surface area contributed by atoms with E-state index in [1.54, 1.807) is 11.0 Å². The first-order valence-corrected chi connectivity index (χ1v) is 3.97. The van der Waals surface area contributed by atoms with Gasteiger partial charge in [-0.25, -0.2) is 4.79 Å². The molecule has 1 rings (SSSR count). The topological polar surface area (TPSA) is 32.7 Å². The van der Waals surface area contributed by atoms with Crippen LogP contribution in [-0.2, 0) is 0 Å². The molecule has 0 aliphatic carbocycles. The van der Waals surface area contributed by atoms with Gasteiger partial charge in [-0.15, -0.1) is 0 Å². The molecule has 0 saturated carbocycles. The molecule has 0 unspecified atom stereocenters. The molecule has 0 aromatic rings. The van der Waals surface area contributed by atoms with E-state index in [-0.39, 0.29) is 11.6 Å². The van der Waals surface area contributed by atoms with E-state index in [2.05, 4.69) is 11.6 Å². The second kappa shape index (κ2) is 2.73. The summed E-state index contributed by atoms with van der Waals surface area (Å²) in [7, 11) is 0. The molecular weight excluding hydrogens is 152 g/mol. The van der Waals surface area contributed by atoms with E-state index >= 15 is 0 Å². The summed E-state index contributed by atoms with van der Waals surface area (Å²) < 4.78 is 0. The second-order valence-corrected chi connectivity index (χ2v) is 3.85. The minimum Gasteiger partial charge on any atom is -0.312 e. The first kappa shape index (κ1) is 8.97. The highest BCUT2D eigenvalue weighted by molar-refractivity contribution is 6.08. The Kier molecular flexibility index (Phi) is 2.04. The van der Waals surface area contributed by atoms with Crippen LogP contribution in [0, 0.1) is 0 Å². The molecule has 0 aromatic heterocycles. The molecular formula is C9H14N2O. The number of rotatable bonds is 1. The lowest BCUT2D eigenvalue weighted by Gasteiger charge is -2.30. The third-order valence-corrected chi connectivity index (χ3v) is 1.84. The fraction of sp³-hybridized carbons (Fsp3) is 0.556. The zero-order valence-electron chi connectivity index (χ0n) is 7.79. The zero-order chi connectivity index (χ0) is 9.35. The van der Waals surface area contributed by atoms with Crippen molar-refractivity contribution in [2.75, 3.05) is 6.54 Å². The average Bonchev–Trinajstić information content (AvgIpc) is 2.29. The van der Waals surface area contributed by atoms with Gasteiger partial charge in [-0.05, 0) is 26.8 Å². The van der Waals surface area contributed by atoms with Gasteiger partial charge in [-0.2, -0.15) is 4.99 Å². The quantitative estimate of drug-likeness (QED) is 0.585. The summed E-state index contributed by atoms with van der Waals surface area (Å²) >= 11 is 0. The molecule has 0 aromatic carbocycles. The number of urea groups is 1. The molecule has 0 N–H and O–H groups in total. The second-order valence-electron chi connectivity index (χ2n) is 3.85. The third kappa shape index (κ3) is 1.55. The Morgan fingerprint density at radius 2 is 2.17 bits per heavy atom. The van der Waals surface area contributed by atoms with Crippen molar-refractivity contribution in [1.29, 1.82) is 0 Å². The van der Waals surface area contributed by atoms with Crippen LogP contribution in [0.25, 0.3) is 0 Å². The van der Waals surface area contributed by atoms with Gasteiger partial charge in [-0.3, -0.25) is 0 Å². The Labute approximate surface area is 72.8 Å². The van der Waals surface area contributed by atoms with Crippen molar-refractivity contribution < 1.29 is 4.79 Å². The number of carbonyl (C=O) groups excluding carboxylic acids is 1. The molecule has 66 valence electrons. The van der Waals surface area contributed by atoms with Crippen molar-refractivity contribution in [1.82, 2.24) is 4.90 Å². The number of hydrogen-bond donors (Lipinski definition) is 0. The normalized spacial score (nSPS) is 18.1. The lowest BCUT2D eigenvalue weighted by Crippen LogP contribution is -2.42. The highest BCUT2D eigenvalue weighted by Gasteiger charge is 2.31. The minimum absolute atomic E-state index is 0.147. The molecule has 2 amide bonds. The summed E-state index contributed by atoms with van der Waals surface area (Å²) in [6.45, 7) is 10.2. The van der Waals surface area contributed by atoms with Crippen LogP contribution >= 0.6 is 0 Å². The SMILES string of the molecule is C=CC1=NC(=O)N(C(C)(C)C)C1. The third-order valence-electron chi connectivity index (χ3n) is 1.84. The van der Waals surface area contributed by atoms with E-state index in [0.717, 1.165) is 5.71 Å². The van der Waals surface area contributed by atoms with Crippen LogP contribution < -0.4 is 0 Å². The van der Waals surface area contributed by atoms with Crippen LogP contribution in [0.15, 0.2) is 17.6 Å². The molecule has 1 heterocycles. The molecule has 12 heavy (non-hydrogen) atoms. The van der Waals surface area contributed by atoms with Gasteiger partial charge in [0.2, 0.25) is 0 Å². The zero-order valence-corrected chi connectivity index (χ0v) is 7.79. The molecule has 1 aliphatic rings. The number of aliphatic imine (C=N–C) groups is 1. The average molecular weight is 166 g/mol. The number of nitrogens with zero attached hydrogens (tertiary/aromatic N) is 2. The van der Waals surface area contributed by atoms with Crippen LogP contribution in [0.2, 0.25) is 0 Å². The molecule has 3 heteroatoms. The maximum Gasteiger partial charge on any atom is 0.344 e. The van der Waals surface area contributed by atoms with Crippen LogP contribution in [0.3, 0.4) is 0 Å². The fourth-order valence-corrected chi connectivity index (χ4v) is 1.08. The summed E-state index contributed by atoms with van der Waals surface area (Å²) in [4.78, 5) is 16.8. The van der Waals surface area contributed by atoms with Crippen molar-refractivity contribution in [3.05, 3.63) is 12.7 Å². The minimum atomic E-state index is -0.155. The highest BCUT2D eigenvalue weighted by Crippen LogP contribution is 2.18. The molecule has 0 saturated heterocycles. The Bertz CT molecular complexity index is 248. The van der Waals surface area contributed by atoms with Gasteiger partial charge < -0.3 is 4.90 Å². The van der Waals surface area contributed by atoms with E-state index < -0.39 is 0 Å². The van der Waals surface area contributed by atoms with E-state index in [1.807, 2.05) is 20.8 Å². The summed E-state index contributed by atoms with van der Waals surface area (Å²) in [6, 6.07) is -0.155. The number of carbonyl (C=O) groups is 1. The van der Waals surface area contributed by atoms with E-state index in [9.17, 15) is 4.79 Å². The Morgan fingerprint density at radius 3 is 2.42 bits per heavy atom. The molecule has 3 nitrogen and oxygen atoms in total.